The molecule has 2 aliphatic rings. The zero-order valence-electron chi connectivity index (χ0n) is 16.5. The van der Waals surface area contributed by atoms with Crippen molar-refractivity contribution in [3.05, 3.63) is 52.0 Å². The summed E-state index contributed by atoms with van der Waals surface area (Å²) in [6, 6.07) is 5.38. The van der Waals surface area contributed by atoms with Crippen LogP contribution in [0.4, 0.5) is 0 Å². The van der Waals surface area contributed by atoms with Crippen LogP contribution in [0.5, 0.6) is 5.75 Å². The molecule has 2 heterocycles. The third-order valence-corrected chi connectivity index (χ3v) is 5.82. The van der Waals surface area contributed by atoms with Crippen LogP contribution < -0.4 is 0 Å². The van der Waals surface area contributed by atoms with Gasteiger partial charge in [0.15, 0.2) is 0 Å². The van der Waals surface area contributed by atoms with Crippen molar-refractivity contribution in [1.29, 1.82) is 0 Å². The minimum atomic E-state index is -0.159. The number of hydrogen-bond donors (Lipinski definition) is 1. The van der Waals surface area contributed by atoms with Crippen LogP contribution >= 0.6 is 0 Å². The summed E-state index contributed by atoms with van der Waals surface area (Å²) in [6.07, 6.45) is 4.18. The normalized spacial score (nSPS) is 16.8. The molecule has 1 aliphatic heterocycles. The second kappa shape index (κ2) is 7.34. The average molecular weight is 382 g/mol. The molecule has 28 heavy (non-hydrogen) atoms. The first-order valence-electron chi connectivity index (χ1n) is 9.94. The molecule has 1 aliphatic carbocycles. The van der Waals surface area contributed by atoms with Gasteiger partial charge in [-0.3, -0.25) is 9.59 Å². The Morgan fingerprint density at radius 3 is 1.93 bits per heavy atom. The minimum absolute atomic E-state index is 0.0573. The number of carbonyl (C=O) groups excluding carboxylic acids is 2. The van der Waals surface area contributed by atoms with Crippen LogP contribution in [0, 0.1) is 13.8 Å². The van der Waals surface area contributed by atoms with E-state index in [1.54, 1.807) is 28.9 Å². The molecule has 0 bridgehead atoms. The molecule has 1 fully saturated rings. The first-order chi connectivity index (χ1) is 13.4. The van der Waals surface area contributed by atoms with Crippen molar-refractivity contribution in [1.82, 2.24) is 9.80 Å². The molecule has 0 radical (unpaired) electrons. The molecule has 0 spiro atoms. The molecule has 1 aromatic heterocycles. The summed E-state index contributed by atoms with van der Waals surface area (Å²) in [5.41, 5.74) is 3.29. The molecule has 4 rings (SSSR count). The van der Waals surface area contributed by atoms with E-state index in [0.29, 0.717) is 43.1 Å². The number of fused-ring (bicyclic) bond motifs is 1. The van der Waals surface area contributed by atoms with Crippen molar-refractivity contribution in [2.24, 2.45) is 0 Å². The van der Waals surface area contributed by atoms with E-state index in [1.807, 2.05) is 13.0 Å². The summed E-state index contributed by atoms with van der Waals surface area (Å²) < 4.78 is 5.46. The number of amides is 2. The maximum absolute atomic E-state index is 13.0. The van der Waals surface area contributed by atoms with Gasteiger partial charge in [-0.25, -0.2) is 0 Å². The van der Waals surface area contributed by atoms with Gasteiger partial charge < -0.3 is 19.3 Å². The average Bonchev–Trinajstić information content (AvgIpc) is 3.04. The lowest BCUT2D eigenvalue weighted by Gasteiger charge is -2.35. The lowest BCUT2D eigenvalue weighted by Crippen LogP contribution is -2.50. The van der Waals surface area contributed by atoms with Gasteiger partial charge in [0.05, 0.1) is 11.1 Å². The number of piperazine rings is 1. The number of rotatable bonds is 2. The number of benzene rings is 1. The maximum Gasteiger partial charge on any atom is 0.257 e. The van der Waals surface area contributed by atoms with Gasteiger partial charge in [-0.15, -0.1) is 0 Å². The summed E-state index contributed by atoms with van der Waals surface area (Å²) in [5.74, 6) is 1.19. The third-order valence-electron chi connectivity index (χ3n) is 5.82. The molecule has 1 aromatic carbocycles. The van der Waals surface area contributed by atoms with Crippen LogP contribution in [-0.4, -0.2) is 52.9 Å². The van der Waals surface area contributed by atoms with Crippen molar-refractivity contribution in [2.45, 2.75) is 39.5 Å². The Bertz CT molecular complexity index is 923. The monoisotopic (exact) mass is 382 g/mol. The number of aryl methyl sites for hydroxylation is 4. The number of phenols is 1. The predicted octanol–water partition coefficient (Wildman–Crippen LogP) is 3.08. The Labute approximate surface area is 164 Å². The molecule has 0 atom stereocenters. The first-order valence-corrected chi connectivity index (χ1v) is 9.94. The summed E-state index contributed by atoms with van der Waals surface area (Å²) in [6.45, 7) is 5.47. The van der Waals surface area contributed by atoms with E-state index in [1.165, 1.54) is 5.56 Å². The minimum Gasteiger partial charge on any atom is -0.507 e. The number of furan rings is 1. The number of aromatic hydroxyl groups is 1. The molecule has 1 N–H and O–H groups in total. The van der Waals surface area contributed by atoms with Crippen LogP contribution in [0.3, 0.4) is 0 Å². The Morgan fingerprint density at radius 1 is 0.857 bits per heavy atom. The molecule has 2 aromatic rings. The molecule has 2 amide bonds. The Morgan fingerprint density at radius 2 is 1.39 bits per heavy atom. The zero-order valence-corrected chi connectivity index (χ0v) is 16.5. The second-order valence-corrected chi connectivity index (χ2v) is 7.76. The van der Waals surface area contributed by atoms with Gasteiger partial charge in [0.25, 0.3) is 11.8 Å². The van der Waals surface area contributed by atoms with Crippen LogP contribution in [0.1, 0.15) is 56.2 Å². The third kappa shape index (κ3) is 3.39. The topological polar surface area (TPSA) is 74.0 Å². The lowest BCUT2D eigenvalue weighted by molar-refractivity contribution is 0.0532. The summed E-state index contributed by atoms with van der Waals surface area (Å²) >= 11 is 0. The van der Waals surface area contributed by atoms with Crippen molar-refractivity contribution >= 4 is 11.8 Å². The van der Waals surface area contributed by atoms with Gasteiger partial charge in [0.1, 0.15) is 17.3 Å². The number of nitrogens with zero attached hydrogens (tertiary/aromatic N) is 2. The van der Waals surface area contributed by atoms with Crippen LogP contribution in [0.2, 0.25) is 0 Å². The van der Waals surface area contributed by atoms with Gasteiger partial charge >= 0.3 is 0 Å². The summed E-state index contributed by atoms with van der Waals surface area (Å²) in [4.78, 5) is 29.2. The van der Waals surface area contributed by atoms with Crippen molar-refractivity contribution in [3.8, 4) is 5.75 Å². The first kappa shape index (κ1) is 18.6. The highest BCUT2D eigenvalue weighted by Gasteiger charge is 2.29. The van der Waals surface area contributed by atoms with Crippen molar-refractivity contribution in [2.75, 3.05) is 26.2 Å². The van der Waals surface area contributed by atoms with E-state index >= 15 is 0 Å². The molecule has 1 saturated heterocycles. The number of carbonyl (C=O) groups is 2. The molecule has 0 saturated carbocycles. The van der Waals surface area contributed by atoms with E-state index < -0.39 is 0 Å². The highest BCUT2D eigenvalue weighted by Crippen LogP contribution is 2.29. The van der Waals surface area contributed by atoms with Gasteiger partial charge in [0.2, 0.25) is 0 Å². The molecule has 0 unspecified atom stereocenters. The Kier molecular flexibility index (Phi) is 4.87. The number of phenolic OH excluding ortho intramolecular Hbond substituents is 1. The SMILES string of the molecule is Cc1cc(C(=O)N2CCN(C(=O)c3cc4c(cc3O)CCCC4)CC2)c(C)o1. The highest BCUT2D eigenvalue weighted by molar-refractivity contribution is 5.98. The fourth-order valence-corrected chi connectivity index (χ4v) is 4.24. The maximum atomic E-state index is 13.0. The zero-order chi connectivity index (χ0) is 19.8. The molecule has 148 valence electrons. The molecule has 6 nitrogen and oxygen atoms in total. The highest BCUT2D eigenvalue weighted by atomic mass is 16.3. The predicted molar refractivity (Wildman–Crippen MR) is 105 cm³/mol. The van der Waals surface area contributed by atoms with E-state index in [2.05, 4.69) is 0 Å². The van der Waals surface area contributed by atoms with Gasteiger partial charge in [-0.05, 0) is 68.9 Å². The standard InChI is InChI=1S/C22H26N2O4/c1-14-11-18(15(2)28-14)21(26)23-7-9-24(10-8-23)22(27)19-12-16-5-3-4-6-17(16)13-20(19)25/h11-13,25H,3-10H2,1-2H3. The Hall–Kier alpha value is -2.76. The van der Waals surface area contributed by atoms with Crippen molar-refractivity contribution in [3.63, 3.8) is 0 Å². The lowest BCUT2D eigenvalue weighted by atomic mass is 9.89. The quantitative estimate of drug-likeness (QED) is 0.866. The number of hydrogen-bond acceptors (Lipinski definition) is 4. The van der Waals surface area contributed by atoms with Gasteiger partial charge in [-0.1, -0.05) is 0 Å². The van der Waals surface area contributed by atoms with E-state index in [9.17, 15) is 14.7 Å². The fourth-order valence-electron chi connectivity index (χ4n) is 4.24. The summed E-state index contributed by atoms with van der Waals surface area (Å²) in [7, 11) is 0. The molecular formula is C22H26N2O4. The van der Waals surface area contributed by atoms with Crippen LogP contribution in [0.15, 0.2) is 22.6 Å². The van der Waals surface area contributed by atoms with Gasteiger partial charge in [-0.2, -0.15) is 0 Å². The van der Waals surface area contributed by atoms with Crippen LogP contribution in [0.25, 0.3) is 0 Å². The van der Waals surface area contributed by atoms with Gasteiger partial charge in [0, 0.05) is 26.2 Å². The van der Waals surface area contributed by atoms with E-state index in [4.69, 9.17) is 4.42 Å². The Balaban J connectivity index is 1.44. The fraction of sp³-hybridized carbons (Fsp3) is 0.455. The van der Waals surface area contributed by atoms with Crippen LogP contribution in [-0.2, 0) is 12.8 Å². The largest absolute Gasteiger partial charge is 0.507 e. The molecule has 6 heteroatoms. The van der Waals surface area contributed by atoms with Crippen molar-refractivity contribution < 1.29 is 19.1 Å². The smallest absolute Gasteiger partial charge is 0.257 e. The second-order valence-electron chi connectivity index (χ2n) is 7.76. The molecular weight excluding hydrogens is 356 g/mol. The van der Waals surface area contributed by atoms with E-state index in [0.717, 1.165) is 37.0 Å². The van der Waals surface area contributed by atoms with E-state index in [-0.39, 0.29) is 17.6 Å². The summed E-state index contributed by atoms with van der Waals surface area (Å²) in [5, 5.41) is 10.4.